The molecule has 0 atom stereocenters. The maximum Gasteiger partial charge on any atom is 0.251 e. The zero-order valence-corrected chi connectivity index (χ0v) is 15.3. The Balaban J connectivity index is 1.94. The number of piperidine rings is 1. The minimum Gasteiger partial charge on any atom is -0.493 e. The second-order valence-electron chi connectivity index (χ2n) is 6.00. The molecule has 1 N–H and O–H groups in total. The second kappa shape index (κ2) is 9.74. The number of amides is 1. The van der Waals surface area contributed by atoms with Crippen molar-refractivity contribution in [1.29, 1.82) is 0 Å². The Hall–Kier alpha value is -1.46. The van der Waals surface area contributed by atoms with Crippen LogP contribution in [0.15, 0.2) is 12.1 Å². The number of carbonyl (C=O) groups excluding carboxylic acids is 1. The molecule has 0 bridgehead atoms. The van der Waals surface area contributed by atoms with Crippen LogP contribution in [-0.2, 0) is 0 Å². The highest BCUT2D eigenvalue weighted by Crippen LogP contribution is 2.36. The molecule has 0 aliphatic carbocycles. The summed E-state index contributed by atoms with van der Waals surface area (Å²) in [5.41, 5.74) is 0.486. The van der Waals surface area contributed by atoms with E-state index >= 15 is 0 Å². The number of hydrogen-bond donors (Lipinski definition) is 1. The van der Waals surface area contributed by atoms with Crippen LogP contribution in [0, 0.1) is 0 Å². The van der Waals surface area contributed by atoms with Crippen molar-refractivity contribution in [1.82, 2.24) is 10.2 Å². The molecule has 1 amide bonds. The zero-order valence-electron chi connectivity index (χ0n) is 14.6. The number of ether oxygens (including phenoxy) is 2. The van der Waals surface area contributed by atoms with Crippen LogP contribution in [0.25, 0.3) is 0 Å². The van der Waals surface area contributed by atoms with Crippen LogP contribution in [0.3, 0.4) is 0 Å². The van der Waals surface area contributed by atoms with Crippen molar-refractivity contribution in [2.24, 2.45) is 0 Å². The van der Waals surface area contributed by atoms with Gasteiger partial charge in [0.05, 0.1) is 18.7 Å². The first-order valence-corrected chi connectivity index (χ1v) is 9.04. The summed E-state index contributed by atoms with van der Waals surface area (Å²) >= 11 is 6.26. The van der Waals surface area contributed by atoms with Crippen LogP contribution in [-0.4, -0.2) is 50.7 Å². The number of nitrogens with one attached hydrogen (secondary N) is 1. The number of nitrogens with zero attached hydrogens (tertiary/aromatic N) is 1. The predicted octanol–water partition coefficient (Wildman–Crippen LogP) is 3.35. The normalized spacial score (nSPS) is 15.1. The summed E-state index contributed by atoms with van der Waals surface area (Å²) < 4.78 is 10.9. The molecule has 1 aliphatic rings. The number of hydrogen-bond acceptors (Lipinski definition) is 4. The summed E-state index contributed by atoms with van der Waals surface area (Å²) in [5, 5.41) is 3.34. The zero-order chi connectivity index (χ0) is 17.4. The van der Waals surface area contributed by atoms with E-state index in [-0.39, 0.29) is 5.91 Å². The van der Waals surface area contributed by atoms with Gasteiger partial charge in [-0.05, 0) is 44.5 Å². The number of carbonyl (C=O) groups is 1. The van der Waals surface area contributed by atoms with Gasteiger partial charge in [-0.1, -0.05) is 24.9 Å². The molecule has 0 spiro atoms. The van der Waals surface area contributed by atoms with Gasteiger partial charge in [0.1, 0.15) is 0 Å². The SMILES string of the molecule is CCCOc1c(Cl)cc(C(=O)NCCN2CCCCC2)cc1OC. The van der Waals surface area contributed by atoms with Gasteiger partial charge in [-0.2, -0.15) is 0 Å². The van der Waals surface area contributed by atoms with Crippen molar-refractivity contribution in [2.75, 3.05) is 39.9 Å². The molecule has 1 aromatic rings. The highest BCUT2D eigenvalue weighted by atomic mass is 35.5. The molecule has 1 aromatic carbocycles. The van der Waals surface area contributed by atoms with Crippen molar-refractivity contribution in [3.8, 4) is 11.5 Å². The highest BCUT2D eigenvalue weighted by Gasteiger charge is 2.16. The van der Waals surface area contributed by atoms with Crippen molar-refractivity contribution in [3.05, 3.63) is 22.7 Å². The van der Waals surface area contributed by atoms with Gasteiger partial charge in [-0.15, -0.1) is 0 Å². The molecular formula is C18H27ClN2O3. The molecule has 1 fully saturated rings. The van der Waals surface area contributed by atoms with Gasteiger partial charge in [-0.25, -0.2) is 0 Å². The number of methoxy groups -OCH3 is 1. The molecule has 1 saturated heterocycles. The third kappa shape index (κ3) is 5.28. The lowest BCUT2D eigenvalue weighted by molar-refractivity contribution is 0.0946. The van der Waals surface area contributed by atoms with Crippen molar-refractivity contribution in [3.63, 3.8) is 0 Å². The Labute approximate surface area is 149 Å². The van der Waals surface area contributed by atoms with E-state index in [1.807, 2.05) is 6.92 Å². The maximum absolute atomic E-state index is 12.3. The number of benzene rings is 1. The Morgan fingerprint density at radius 1 is 1.29 bits per heavy atom. The summed E-state index contributed by atoms with van der Waals surface area (Å²) in [7, 11) is 1.54. The first-order chi connectivity index (χ1) is 11.7. The van der Waals surface area contributed by atoms with Crippen LogP contribution in [0.2, 0.25) is 5.02 Å². The van der Waals surface area contributed by atoms with Gasteiger partial charge in [0.25, 0.3) is 5.91 Å². The first kappa shape index (κ1) is 18.9. The third-order valence-corrected chi connectivity index (χ3v) is 4.39. The Morgan fingerprint density at radius 3 is 2.71 bits per heavy atom. The molecule has 24 heavy (non-hydrogen) atoms. The van der Waals surface area contributed by atoms with Crippen LogP contribution in [0.1, 0.15) is 43.0 Å². The van der Waals surface area contributed by atoms with Gasteiger partial charge >= 0.3 is 0 Å². The van der Waals surface area contributed by atoms with E-state index in [2.05, 4.69) is 10.2 Å². The van der Waals surface area contributed by atoms with E-state index in [9.17, 15) is 4.79 Å². The molecule has 0 aromatic heterocycles. The summed E-state index contributed by atoms with van der Waals surface area (Å²) in [6, 6.07) is 3.30. The Kier molecular flexibility index (Phi) is 7.66. The number of rotatable bonds is 8. The fraction of sp³-hybridized carbons (Fsp3) is 0.611. The number of likely N-dealkylation sites (tertiary alicyclic amines) is 1. The summed E-state index contributed by atoms with van der Waals surface area (Å²) in [5.74, 6) is 0.831. The topological polar surface area (TPSA) is 50.8 Å². The van der Waals surface area contributed by atoms with E-state index in [4.69, 9.17) is 21.1 Å². The van der Waals surface area contributed by atoms with Crippen LogP contribution >= 0.6 is 11.6 Å². The molecule has 6 heteroatoms. The molecule has 0 saturated carbocycles. The lowest BCUT2D eigenvalue weighted by Gasteiger charge is -2.26. The highest BCUT2D eigenvalue weighted by molar-refractivity contribution is 6.32. The van der Waals surface area contributed by atoms with Crippen molar-refractivity contribution in [2.45, 2.75) is 32.6 Å². The standard InChI is InChI=1S/C18H27ClN2O3/c1-3-11-24-17-15(19)12-14(13-16(17)23-2)18(22)20-7-10-21-8-5-4-6-9-21/h12-13H,3-11H2,1-2H3,(H,20,22). The molecule has 0 unspecified atom stereocenters. The molecular weight excluding hydrogens is 328 g/mol. The molecule has 1 aliphatic heterocycles. The molecule has 2 rings (SSSR count). The molecule has 134 valence electrons. The maximum atomic E-state index is 12.3. The van der Waals surface area contributed by atoms with Crippen LogP contribution in [0.4, 0.5) is 0 Å². The van der Waals surface area contributed by atoms with E-state index in [1.165, 1.54) is 19.3 Å². The van der Waals surface area contributed by atoms with Gasteiger partial charge in [0.2, 0.25) is 0 Å². The van der Waals surface area contributed by atoms with Crippen molar-refractivity contribution < 1.29 is 14.3 Å². The fourth-order valence-corrected chi connectivity index (χ4v) is 3.07. The van der Waals surface area contributed by atoms with Gasteiger partial charge in [-0.3, -0.25) is 4.79 Å². The fourth-order valence-electron chi connectivity index (χ4n) is 2.81. The summed E-state index contributed by atoms with van der Waals surface area (Å²) in [4.78, 5) is 14.7. The molecule has 0 radical (unpaired) electrons. The Morgan fingerprint density at radius 2 is 2.04 bits per heavy atom. The Bertz CT molecular complexity index is 545. The van der Waals surface area contributed by atoms with Gasteiger partial charge < -0.3 is 19.7 Å². The van der Waals surface area contributed by atoms with E-state index in [1.54, 1.807) is 19.2 Å². The van der Waals surface area contributed by atoms with Crippen LogP contribution < -0.4 is 14.8 Å². The van der Waals surface area contributed by atoms with Gasteiger partial charge in [0, 0.05) is 18.7 Å². The largest absolute Gasteiger partial charge is 0.493 e. The molecule has 1 heterocycles. The minimum atomic E-state index is -0.144. The number of halogens is 1. The van der Waals surface area contributed by atoms with Gasteiger partial charge in [0.15, 0.2) is 11.5 Å². The quantitative estimate of drug-likeness (QED) is 0.777. The summed E-state index contributed by atoms with van der Waals surface area (Å²) in [6.07, 6.45) is 4.69. The van der Waals surface area contributed by atoms with E-state index in [0.717, 1.165) is 26.1 Å². The lowest BCUT2D eigenvalue weighted by atomic mass is 10.1. The summed E-state index contributed by atoms with van der Waals surface area (Å²) in [6.45, 7) is 6.33. The van der Waals surface area contributed by atoms with Crippen molar-refractivity contribution >= 4 is 17.5 Å². The van der Waals surface area contributed by atoms with E-state index < -0.39 is 0 Å². The van der Waals surface area contributed by atoms with E-state index in [0.29, 0.717) is 35.2 Å². The van der Waals surface area contributed by atoms with Crippen LogP contribution in [0.5, 0.6) is 11.5 Å². The first-order valence-electron chi connectivity index (χ1n) is 8.66. The minimum absolute atomic E-state index is 0.144. The third-order valence-electron chi connectivity index (χ3n) is 4.10. The average molecular weight is 355 g/mol. The average Bonchev–Trinajstić information content (AvgIpc) is 2.60. The molecule has 5 nitrogen and oxygen atoms in total. The second-order valence-corrected chi connectivity index (χ2v) is 6.40. The monoisotopic (exact) mass is 354 g/mol. The lowest BCUT2D eigenvalue weighted by Crippen LogP contribution is -2.37. The predicted molar refractivity (Wildman–Crippen MR) is 96.4 cm³/mol. The smallest absolute Gasteiger partial charge is 0.251 e.